The normalized spacial score (nSPS) is 17.4. The van der Waals surface area contributed by atoms with Gasteiger partial charge in [0.05, 0.1) is 5.69 Å². The van der Waals surface area contributed by atoms with Crippen LogP contribution in [-0.2, 0) is 5.41 Å². The average Bonchev–Trinajstić information content (AvgIpc) is 2.58. The molecule has 1 aliphatic rings. The van der Waals surface area contributed by atoms with Crippen molar-refractivity contribution in [3.8, 4) is 0 Å². The van der Waals surface area contributed by atoms with Crippen molar-refractivity contribution in [1.29, 1.82) is 0 Å². The second kappa shape index (κ2) is 2.99. The summed E-state index contributed by atoms with van der Waals surface area (Å²) in [5, 5.41) is 0. The molecule has 0 aliphatic carbocycles. The smallest absolute Gasteiger partial charge is 0.0667 e. The van der Waals surface area contributed by atoms with Gasteiger partial charge in [0.2, 0.25) is 0 Å². The molecule has 1 aromatic rings. The molecule has 1 heteroatoms. The van der Waals surface area contributed by atoms with Crippen molar-refractivity contribution in [2.45, 2.75) is 32.1 Å². The fourth-order valence-corrected chi connectivity index (χ4v) is 2.08. The van der Waals surface area contributed by atoms with E-state index in [2.05, 4.69) is 49.3 Å². The van der Waals surface area contributed by atoms with E-state index in [0.29, 0.717) is 0 Å². The number of hydrogen-bond acceptors (Lipinski definition) is 1. The summed E-state index contributed by atoms with van der Waals surface area (Å²) in [6.45, 7) is 4.47. The van der Waals surface area contributed by atoms with Gasteiger partial charge in [-0.3, -0.25) is 4.99 Å². The first kappa shape index (κ1) is 8.49. The molecule has 68 valence electrons. The quantitative estimate of drug-likeness (QED) is 0.649. The number of nitrogens with zero attached hydrogens (tertiary/aromatic N) is 1. The lowest BCUT2D eigenvalue weighted by atomic mass is 9.78. The molecule has 13 heavy (non-hydrogen) atoms. The van der Waals surface area contributed by atoms with Crippen LogP contribution in [0.15, 0.2) is 29.3 Å². The lowest BCUT2D eigenvalue weighted by Gasteiger charge is -2.23. The molecule has 1 heterocycles. The Morgan fingerprint density at radius 2 is 1.85 bits per heavy atom. The van der Waals surface area contributed by atoms with Gasteiger partial charge in [-0.05, 0) is 24.5 Å². The van der Waals surface area contributed by atoms with Crippen molar-refractivity contribution in [1.82, 2.24) is 0 Å². The summed E-state index contributed by atoms with van der Waals surface area (Å²) < 4.78 is 0. The van der Waals surface area contributed by atoms with E-state index in [9.17, 15) is 0 Å². The molecule has 0 unspecified atom stereocenters. The topological polar surface area (TPSA) is 12.4 Å². The third-order valence-electron chi connectivity index (χ3n) is 3.15. The number of hydrogen-bond donors (Lipinski definition) is 0. The molecule has 0 radical (unpaired) electrons. The first-order valence-electron chi connectivity index (χ1n) is 4.97. The van der Waals surface area contributed by atoms with Crippen LogP contribution < -0.4 is 0 Å². The van der Waals surface area contributed by atoms with E-state index < -0.39 is 0 Å². The summed E-state index contributed by atoms with van der Waals surface area (Å²) in [7, 11) is 0. The van der Waals surface area contributed by atoms with Crippen molar-refractivity contribution in [3.05, 3.63) is 29.8 Å². The van der Waals surface area contributed by atoms with Gasteiger partial charge >= 0.3 is 0 Å². The van der Waals surface area contributed by atoms with E-state index in [1.807, 2.05) is 0 Å². The largest absolute Gasteiger partial charge is 0.260 e. The van der Waals surface area contributed by atoms with E-state index in [0.717, 1.165) is 18.5 Å². The van der Waals surface area contributed by atoms with Gasteiger partial charge in [-0.25, -0.2) is 0 Å². The van der Waals surface area contributed by atoms with Crippen LogP contribution in [0.3, 0.4) is 0 Å². The van der Waals surface area contributed by atoms with E-state index in [1.165, 1.54) is 5.56 Å². The Morgan fingerprint density at radius 1 is 1.15 bits per heavy atom. The molecule has 0 spiro atoms. The molecule has 0 N–H and O–H groups in total. The van der Waals surface area contributed by atoms with Gasteiger partial charge in [0.15, 0.2) is 0 Å². The van der Waals surface area contributed by atoms with Crippen LogP contribution in [0.5, 0.6) is 0 Å². The summed E-state index contributed by atoms with van der Waals surface area (Å²) in [4.78, 5) is 4.47. The Bertz CT molecular complexity index is 335. The zero-order valence-electron chi connectivity index (χ0n) is 8.25. The van der Waals surface area contributed by atoms with Gasteiger partial charge < -0.3 is 0 Å². The van der Waals surface area contributed by atoms with Crippen molar-refractivity contribution in [2.24, 2.45) is 4.99 Å². The van der Waals surface area contributed by atoms with Gasteiger partial charge in [-0.1, -0.05) is 32.0 Å². The lowest BCUT2D eigenvalue weighted by molar-refractivity contribution is 0.555. The van der Waals surface area contributed by atoms with E-state index in [-0.39, 0.29) is 5.41 Å². The number of rotatable bonds is 2. The molecule has 1 aliphatic heterocycles. The maximum absolute atomic E-state index is 4.47. The molecule has 0 aromatic heterocycles. The Hall–Kier alpha value is -1.11. The molecule has 1 nitrogen and oxygen atoms in total. The standard InChI is InChI=1S/C12H15N/c1-3-12(4-2)9-13-11-8-6-5-7-10(11)12/h5-9H,3-4H2,1-2H3. The fourth-order valence-electron chi connectivity index (χ4n) is 2.08. The number of fused-ring (bicyclic) bond motifs is 1. The highest BCUT2D eigenvalue weighted by Crippen LogP contribution is 2.40. The minimum Gasteiger partial charge on any atom is -0.260 e. The molecule has 0 bridgehead atoms. The number of benzene rings is 1. The molecule has 0 saturated heterocycles. The van der Waals surface area contributed by atoms with Gasteiger partial charge in [-0.15, -0.1) is 0 Å². The minimum atomic E-state index is 0.219. The zero-order valence-corrected chi connectivity index (χ0v) is 8.25. The van der Waals surface area contributed by atoms with Crippen molar-refractivity contribution in [3.63, 3.8) is 0 Å². The molecule has 1 aromatic carbocycles. The highest BCUT2D eigenvalue weighted by molar-refractivity contribution is 5.84. The second-order valence-electron chi connectivity index (χ2n) is 3.64. The predicted molar refractivity (Wildman–Crippen MR) is 56.9 cm³/mol. The van der Waals surface area contributed by atoms with Crippen LogP contribution in [0.4, 0.5) is 5.69 Å². The van der Waals surface area contributed by atoms with Gasteiger partial charge in [0.25, 0.3) is 0 Å². The third kappa shape index (κ3) is 1.11. The lowest BCUT2D eigenvalue weighted by Crippen LogP contribution is -2.22. The summed E-state index contributed by atoms with van der Waals surface area (Å²) in [5.41, 5.74) is 2.78. The molecule has 2 rings (SSSR count). The van der Waals surface area contributed by atoms with Crippen molar-refractivity contribution in [2.75, 3.05) is 0 Å². The summed E-state index contributed by atoms with van der Waals surface area (Å²) in [5.74, 6) is 0. The monoisotopic (exact) mass is 173 g/mol. The molecular formula is C12H15N. The van der Waals surface area contributed by atoms with Gasteiger partial charge in [-0.2, -0.15) is 0 Å². The fraction of sp³-hybridized carbons (Fsp3) is 0.417. The van der Waals surface area contributed by atoms with Crippen molar-refractivity contribution < 1.29 is 0 Å². The number of para-hydroxylation sites is 1. The van der Waals surface area contributed by atoms with Crippen LogP contribution in [0.25, 0.3) is 0 Å². The minimum absolute atomic E-state index is 0.219. The molecule has 0 fully saturated rings. The zero-order chi connectivity index (χ0) is 9.31. The predicted octanol–water partition coefficient (Wildman–Crippen LogP) is 3.46. The summed E-state index contributed by atoms with van der Waals surface area (Å²) in [6.07, 6.45) is 4.41. The average molecular weight is 173 g/mol. The van der Waals surface area contributed by atoms with Gasteiger partial charge in [0, 0.05) is 11.6 Å². The first-order valence-corrected chi connectivity index (χ1v) is 4.97. The van der Waals surface area contributed by atoms with Crippen LogP contribution in [0.1, 0.15) is 32.3 Å². The summed E-state index contributed by atoms with van der Waals surface area (Å²) >= 11 is 0. The Labute approximate surface area is 79.5 Å². The third-order valence-corrected chi connectivity index (χ3v) is 3.15. The van der Waals surface area contributed by atoms with Crippen molar-refractivity contribution >= 4 is 11.9 Å². The first-order chi connectivity index (χ1) is 6.32. The highest BCUT2D eigenvalue weighted by atomic mass is 14.8. The van der Waals surface area contributed by atoms with E-state index in [1.54, 1.807) is 0 Å². The summed E-state index contributed by atoms with van der Waals surface area (Å²) in [6, 6.07) is 8.46. The van der Waals surface area contributed by atoms with Crippen LogP contribution in [-0.4, -0.2) is 6.21 Å². The SMILES string of the molecule is CCC1(CC)C=Nc2ccccc21. The van der Waals surface area contributed by atoms with E-state index >= 15 is 0 Å². The van der Waals surface area contributed by atoms with Crippen LogP contribution in [0, 0.1) is 0 Å². The van der Waals surface area contributed by atoms with Crippen LogP contribution >= 0.6 is 0 Å². The molecule has 0 atom stereocenters. The highest BCUT2D eigenvalue weighted by Gasteiger charge is 2.32. The van der Waals surface area contributed by atoms with Gasteiger partial charge in [0.1, 0.15) is 0 Å². The van der Waals surface area contributed by atoms with Crippen LogP contribution in [0.2, 0.25) is 0 Å². The molecule has 0 saturated carbocycles. The van der Waals surface area contributed by atoms with E-state index in [4.69, 9.17) is 0 Å². The Morgan fingerprint density at radius 3 is 2.54 bits per heavy atom. The molecular weight excluding hydrogens is 158 g/mol. The Balaban J connectivity index is 2.53. The maximum atomic E-state index is 4.47. The second-order valence-corrected chi connectivity index (χ2v) is 3.64. The Kier molecular flexibility index (Phi) is 1.95. The number of aliphatic imine (C=N–C) groups is 1. The molecule has 0 amide bonds. The maximum Gasteiger partial charge on any atom is 0.0667 e.